The number of alkyl halides is 4. The van der Waals surface area contributed by atoms with Crippen molar-refractivity contribution in [3.63, 3.8) is 0 Å². The summed E-state index contributed by atoms with van der Waals surface area (Å²) in [6.07, 6.45) is 36.9. The van der Waals surface area contributed by atoms with Gasteiger partial charge in [-0.3, -0.25) is 0 Å². The van der Waals surface area contributed by atoms with Crippen molar-refractivity contribution in [3.8, 4) is 0 Å². The van der Waals surface area contributed by atoms with Gasteiger partial charge in [-0.25, -0.2) is 8.78 Å². The summed E-state index contributed by atoms with van der Waals surface area (Å²) in [4.78, 5) is 0.506. The van der Waals surface area contributed by atoms with Crippen LogP contribution in [-0.2, 0) is 0 Å². The lowest BCUT2D eigenvalue weighted by Crippen LogP contribution is -2.51. The van der Waals surface area contributed by atoms with Crippen molar-refractivity contribution in [2.24, 2.45) is 116 Å². The lowest BCUT2D eigenvalue weighted by atomic mass is 9.46. The lowest BCUT2D eigenvalue weighted by molar-refractivity contribution is -0.104. The van der Waals surface area contributed by atoms with E-state index in [2.05, 4.69) is 83.1 Å². The van der Waals surface area contributed by atoms with E-state index in [-0.39, 0.29) is 9.75 Å². The zero-order valence-corrected chi connectivity index (χ0v) is 56.8. The molecule has 0 amide bonds. The molecule has 19 aliphatic carbocycles. The summed E-state index contributed by atoms with van der Waals surface area (Å²) < 4.78 is 28.0. The molecule has 6 unspecified atom stereocenters. The minimum absolute atomic E-state index is 0.253. The second kappa shape index (κ2) is 27.6. The van der Waals surface area contributed by atoms with Gasteiger partial charge in [0, 0.05) is 9.75 Å². The molecule has 77 heavy (non-hydrogen) atoms. The van der Waals surface area contributed by atoms with Crippen LogP contribution in [0.4, 0.5) is 8.78 Å². The van der Waals surface area contributed by atoms with Gasteiger partial charge < -0.3 is 0 Å². The molecule has 16 bridgehead atoms. The Labute approximate surface area is 491 Å². The Bertz CT molecular complexity index is 1550. The molecule has 454 valence electrons. The fourth-order valence-corrected chi connectivity index (χ4v) is 22.0. The van der Waals surface area contributed by atoms with Crippen molar-refractivity contribution < 1.29 is 8.78 Å². The van der Waals surface area contributed by atoms with Gasteiger partial charge in [-0.15, -0.1) is 23.2 Å². The van der Waals surface area contributed by atoms with Crippen molar-refractivity contribution in [1.29, 1.82) is 0 Å². The molecule has 0 radical (unpaired) electrons. The van der Waals surface area contributed by atoms with Gasteiger partial charge in [0.05, 0.1) is 0 Å². The van der Waals surface area contributed by atoms with Crippen LogP contribution in [0.15, 0.2) is 0 Å². The molecule has 0 aromatic carbocycles. The Morgan fingerprint density at radius 1 is 0.429 bits per heavy atom. The monoisotopic (exact) mass is 1120 g/mol. The maximum atomic E-state index is 14.1. The number of rotatable bonds is 1. The largest absolute Gasteiger partial charge is 0.244 e. The van der Waals surface area contributed by atoms with E-state index >= 15 is 0 Å². The van der Waals surface area contributed by atoms with E-state index in [1.165, 1.54) is 128 Å². The highest BCUT2D eigenvalue weighted by Crippen LogP contribution is 2.65. The van der Waals surface area contributed by atoms with Crippen molar-refractivity contribution in [3.05, 3.63) is 0 Å². The third-order valence-electron chi connectivity index (χ3n) is 26.3. The van der Waals surface area contributed by atoms with Crippen LogP contribution in [0.1, 0.15) is 325 Å². The summed E-state index contributed by atoms with van der Waals surface area (Å²) in [5.41, 5.74) is 0.746. The van der Waals surface area contributed by atoms with Crippen LogP contribution in [0.3, 0.4) is 0 Å². The Hall–Kier alpha value is 0.440. The first-order valence-electron chi connectivity index (χ1n) is 34.9. The van der Waals surface area contributed by atoms with Crippen LogP contribution in [0.2, 0.25) is 0 Å². The smallest absolute Gasteiger partial charge is 0.111 e. The number of hydrogen-bond donors (Lipinski definition) is 0. The molecule has 9 atom stereocenters. The first-order valence-corrected chi connectivity index (χ1v) is 35.7. The Balaban J connectivity index is 0.000000166. The molecule has 19 rings (SSSR count). The maximum Gasteiger partial charge on any atom is 0.111 e. The third kappa shape index (κ3) is 15.9. The summed E-state index contributed by atoms with van der Waals surface area (Å²) in [6.45, 7) is 44.7. The zero-order chi connectivity index (χ0) is 57.7. The molecule has 0 N–H and O–H groups in total. The highest BCUT2D eigenvalue weighted by molar-refractivity contribution is 6.24. The molecule has 0 saturated heterocycles. The van der Waals surface area contributed by atoms with Gasteiger partial charge in [0.25, 0.3) is 0 Å². The summed E-state index contributed by atoms with van der Waals surface area (Å²) in [5, 5.41) is 0. The quantitative estimate of drug-likeness (QED) is 0.230. The van der Waals surface area contributed by atoms with E-state index in [9.17, 15) is 8.78 Å². The van der Waals surface area contributed by atoms with E-state index in [0.717, 1.165) is 152 Å². The van der Waals surface area contributed by atoms with Crippen LogP contribution in [0.25, 0.3) is 0 Å². The number of hydrogen-bond acceptors (Lipinski definition) is 0. The normalized spacial score (nSPS) is 49.1. The van der Waals surface area contributed by atoms with E-state index in [1.807, 2.05) is 55.4 Å². The Morgan fingerprint density at radius 3 is 1.05 bits per heavy atom. The van der Waals surface area contributed by atoms with Crippen molar-refractivity contribution in [2.45, 2.75) is 346 Å². The standard InChI is InChI=1S/C12H21F.2C11H17Cl.C11H17F.C10H18.C10H20.4C2H6/c1-10(2,3)11-4-7-12(13,8-5-11)9-6-11;3*1-7-9-2-8-3-10(7)6-11(12,4-8)5-9;1-7-4-5-8-6-9(7)10(8,2)3;1-4-10(3)7-5-9(2)6-8-10;4*1-2/h4-9H2,1-3H3;3*7-10H,2-6H2,1H3;7-9H,4-6H2,1-3H3;9H,4-8H2,1-3H3;4*1-2H3/t;;;;7-,8-,9-;;;;;/m....0...../s1. The molecule has 0 aliphatic heterocycles. The minimum Gasteiger partial charge on any atom is -0.244 e. The third-order valence-corrected chi connectivity index (χ3v) is 27.2. The van der Waals surface area contributed by atoms with Gasteiger partial charge in [-0.05, 0) is 277 Å². The van der Waals surface area contributed by atoms with E-state index < -0.39 is 11.3 Å². The van der Waals surface area contributed by atoms with Gasteiger partial charge in [-0.2, -0.15) is 0 Å². The van der Waals surface area contributed by atoms with Crippen molar-refractivity contribution in [2.75, 3.05) is 0 Å². The van der Waals surface area contributed by atoms with Crippen molar-refractivity contribution in [1.82, 2.24) is 0 Å². The fraction of sp³-hybridized carbons (Fsp3) is 1.00. The fourth-order valence-electron chi connectivity index (χ4n) is 20.8. The SMILES string of the molecule is CC.CC.CC.CC.CC(C)(C)C12CCC(F)(CC1)CC2.CC1C2CC3CC1CC(Cl)(C3)C2.CC1C2CC3CC1CC(Cl)(C3)C2.CC1C2CC3CC1CC(F)(C3)C2.CCC1(C)CCC(C)CC1.C[C@H]1CC[C@H]2C[C@@H]1C2(C)C. The number of halogens is 4. The average Bonchev–Trinajstić information content (AvgIpc) is 3.39. The molecule has 0 nitrogen and oxygen atoms in total. The van der Waals surface area contributed by atoms with Gasteiger partial charge in [0.15, 0.2) is 0 Å². The van der Waals surface area contributed by atoms with Crippen LogP contribution in [-0.4, -0.2) is 21.1 Å². The second-order valence-corrected chi connectivity index (χ2v) is 33.5. The summed E-state index contributed by atoms with van der Waals surface area (Å²) >= 11 is 13.2. The molecule has 0 aromatic heterocycles. The number of fused-ring (bicyclic) bond motifs is 5. The average molecular weight is 1120 g/mol. The summed E-state index contributed by atoms with van der Waals surface area (Å²) in [7, 11) is 0. The van der Waals surface area contributed by atoms with Crippen LogP contribution in [0, 0.1) is 116 Å². The van der Waals surface area contributed by atoms with Crippen molar-refractivity contribution >= 4 is 23.2 Å². The van der Waals surface area contributed by atoms with E-state index in [0.29, 0.717) is 21.7 Å². The van der Waals surface area contributed by atoms with Gasteiger partial charge >= 0.3 is 0 Å². The highest BCUT2D eigenvalue weighted by atomic mass is 35.5. The second-order valence-electron chi connectivity index (χ2n) is 31.9. The van der Waals surface area contributed by atoms with Crippen LogP contribution >= 0.6 is 23.2 Å². The minimum atomic E-state index is -0.771. The van der Waals surface area contributed by atoms with E-state index in [1.54, 1.807) is 0 Å². The predicted molar refractivity (Wildman–Crippen MR) is 338 cm³/mol. The van der Waals surface area contributed by atoms with E-state index in [4.69, 9.17) is 23.2 Å². The molecule has 19 saturated carbocycles. The molecule has 19 aliphatic rings. The molecule has 0 spiro atoms. The van der Waals surface area contributed by atoms with Gasteiger partial charge in [0.1, 0.15) is 11.3 Å². The zero-order valence-electron chi connectivity index (χ0n) is 55.3. The van der Waals surface area contributed by atoms with Crippen LogP contribution in [0.5, 0.6) is 0 Å². The molecular formula is C73H134Cl2F2. The molecular weight excluding hydrogens is 986 g/mol. The van der Waals surface area contributed by atoms with Crippen LogP contribution < -0.4 is 0 Å². The highest BCUT2D eigenvalue weighted by Gasteiger charge is 2.57. The van der Waals surface area contributed by atoms with Gasteiger partial charge in [-0.1, -0.05) is 164 Å². The predicted octanol–water partition coefficient (Wildman–Crippen LogP) is 24.9. The Morgan fingerprint density at radius 2 is 0.779 bits per heavy atom. The molecule has 0 aromatic rings. The molecule has 19 fully saturated rings. The Kier molecular flexibility index (Phi) is 24.5. The first-order chi connectivity index (χ1) is 36.1. The summed E-state index contributed by atoms with van der Waals surface area (Å²) in [5.74, 6) is 15.1. The topological polar surface area (TPSA) is 0 Å². The summed E-state index contributed by atoms with van der Waals surface area (Å²) in [6, 6.07) is 0. The maximum absolute atomic E-state index is 14.1. The molecule has 0 heterocycles. The van der Waals surface area contributed by atoms with Gasteiger partial charge in [0.2, 0.25) is 0 Å². The first kappa shape index (κ1) is 68.2. The lowest BCUT2D eigenvalue weighted by Gasteiger charge is -2.59. The molecule has 4 heteroatoms.